The molecular formula is C17H22N2O2. The van der Waals surface area contributed by atoms with Gasteiger partial charge in [-0.1, -0.05) is 12.1 Å². The highest BCUT2D eigenvalue weighted by atomic mass is 16.5. The zero-order chi connectivity index (χ0) is 15.1. The fraction of sp³-hybridized carbons (Fsp3) is 0.353. The van der Waals surface area contributed by atoms with Crippen LogP contribution in [0.3, 0.4) is 0 Å². The molecule has 1 aromatic heterocycles. The molecule has 0 spiro atoms. The summed E-state index contributed by atoms with van der Waals surface area (Å²) >= 11 is 0. The standard InChI is InChI=1S/C17H22N2O2/c1-4-20-15-8-6-13(7-9-15)17(18-3)14-10-16(21-5-2)12-19-11-14/h6-12,17-18H,4-5H2,1-3H3. The van der Waals surface area contributed by atoms with Gasteiger partial charge in [0.15, 0.2) is 0 Å². The monoisotopic (exact) mass is 286 g/mol. The Balaban J connectivity index is 2.24. The van der Waals surface area contributed by atoms with Crippen LogP contribution in [-0.2, 0) is 0 Å². The quantitative estimate of drug-likeness (QED) is 0.849. The van der Waals surface area contributed by atoms with E-state index in [0.29, 0.717) is 13.2 Å². The second-order valence-electron chi connectivity index (χ2n) is 4.61. The molecule has 1 heterocycles. The van der Waals surface area contributed by atoms with Gasteiger partial charge in [0.05, 0.1) is 25.5 Å². The summed E-state index contributed by atoms with van der Waals surface area (Å²) in [6, 6.07) is 10.2. The summed E-state index contributed by atoms with van der Waals surface area (Å²) in [5.41, 5.74) is 2.24. The number of nitrogens with one attached hydrogen (secondary N) is 1. The number of hydrogen-bond donors (Lipinski definition) is 1. The average molecular weight is 286 g/mol. The molecule has 1 N–H and O–H groups in total. The van der Waals surface area contributed by atoms with Crippen LogP contribution in [0.15, 0.2) is 42.7 Å². The van der Waals surface area contributed by atoms with E-state index < -0.39 is 0 Å². The predicted molar refractivity (Wildman–Crippen MR) is 83.9 cm³/mol. The minimum atomic E-state index is 0.0774. The van der Waals surface area contributed by atoms with E-state index in [2.05, 4.69) is 22.4 Å². The van der Waals surface area contributed by atoms with E-state index >= 15 is 0 Å². The minimum absolute atomic E-state index is 0.0774. The highest BCUT2D eigenvalue weighted by Gasteiger charge is 2.13. The molecule has 0 saturated carbocycles. The summed E-state index contributed by atoms with van der Waals surface area (Å²) in [4.78, 5) is 4.25. The normalized spacial score (nSPS) is 12.0. The van der Waals surface area contributed by atoms with E-state index in [9.17, 15) is 0 Å². The molecule has 0 aliphatic heterocycles. The van der Waals surface area contributed by atoms with Crippen LogP contribution in [0.2, 0.25) is 0 Å². The zero-order valence-corrected chi connectivity index (χ0v) is 12.8. The van der Waals surface area contributed by atoms with Gasteiger partial charge in [0.25, 0.3) is 0 Å². The van der Waals surface area contributed by atoms with Crippen molar-refractivity contribution in [1.82, 2.24) is 10.3 Å². The van der Waals surface area contributed by atoms with Crippen molar-refractivity contribution < 1.29 is 9.47 Å². The van der Waals surface area contributed by atoms with E-state index in [0.717, 1.165) is 22.6 Å². The fourth-order valence-electron chi connectivity index (χ4n) is 2.29. The van der Waals surface area contributed by atoms with Crippen molar-refractivity contribution in [2.24, 2.45) is 0 Å². The maximum atomic E-state index is 5.52. The summed E-state index contributed by atoms with van der Waals surface area (Å²) in [6.07, 6.45) is 3.60. The molecule has 4 heteroatoms. The molecular weight excluding hydrogens is 264 g/mol. The Morgan fingerprint density at radius 3 is 2.24 bits per heavy atom. The maximum Gasteiger partial charge on any atom is 0.137 e. The van der Waals surface area contributed by atoms with Gasteiger partial charge in [-0.3, -0.25) is 4.98 Å². The third-order valence-corrected chi connectivity index (χ3v) is 3.19. The minimum Gasteiger partial charge on any atom is -0.494 e. The Bertz CT molecular complexity index is 555. The van der Waals surface area contributed by atoms with E-state index in [1.807, 2.05) is 45.3 Å². The molecule has 0 amide bonds. The molecule has 0 aliphatic carbocycles. The van der Waals surface area contributed by atoms with Gasteiger partial charge in [0.2, 0.25) is 0 Å². The largest absolute Gasteiger partial charge is 0.494 e. The molecule has 1 atom stereocenters. The summed E-state index contributed by atoms with van der Waals surface area (Å²) in [6.45, 7) is 5.26. The first-order valence-electron chi connectivity index (χ1n) is 7.26. The smallest absolute Gasteiger partial charge is 0.137 e. The summed E-state index contributed by atoms with van der Waals surface area (Å²) < 4.78 is 11.0. The molecule has 0 fully saturated rings. The molecule has 4 nitrogen and oxygen atoms in total. The molecule has 2 aromatic rings. The van der Waals surface area contributed by atoms with Gasteiger partial charge in [-0.15, -0.1) is 0 Å². The summed E-state index contributed by atoms with van der Waals surface area (Å²) in [7, 11) is 1.94. The van der Waals surface area contributed by atoms with Crippen LogP contribution < -0.4 is 14.8 Å². The van der Waals surface area contributed by atoms with E-state index in [-0.39, 0.29) is 6.04 Å². The number of aromatic nitrogens is 1. The van der Waals surface area contributed by atoms with Gasteiger partial charge in [-0.2, -0.15) is 0 Å². The third kappa shape index (κ3) is 3.95. The average Bonchev–Trinajstić information content (AvgIpc) is 2.51. The molecule has 2 rings (SSSR count). The molecule has 21 heavy (non-hydrogen) atoms. The van der Waals surface area contributed by atoms with Gasteiger partial charge < -0.3 is 14.8 Å². The van der Waals surface area contributed by atoms with Gasteiger partial charge in [0, 0.05) is 6.20 Å². The third-order valence-electron chi connectivity index (χ3n) is 3.19. The first-order chi connectivity index (χ1) is 10.3. The molecule has 0 aliphatic rings. The lowest BCUT2D eigenvalue weighted by molar-refractivity contribution is 0.338. The van der Waals surface area contributed by atoms with Crippen LogP contribution in [0, 0.1) is 0 Å². The Kier molecular flexibility index (Phi) is 5.58. The van der Waals surface area contributed by atoms with Gasteiger partial charge in [-0.25, -0.2) is 0 Å². The maximum absolute atomic E-state index is 5.52. The predicted octanol–water partition coefficient (Wildman–Crippen LogP) is 3.19. The first-order valence-corrected chi connectivity index (χ1v) is 7.26. The van der Waals surface area contributed by atoms with E-state index in [1.54, 1.807) is 6.20 Å². The van der Waals surface area contributed by atoms with E-state index in [4.69, 9.17) is 9.47 Å². The lowest BCUT2D eigenvalue weighted by Gasteiger charge is -2.18. The summed E-state index contributed by atoms with van der Waals surface area (Å²) in [5, 5.41) is 3.32. The number of nitrogens with zero attached hydrogens (tertiary/aromatic N) is 1. The van der Waals surface area contributed by atoms with Crippen molar-refractivity contribution in [1.29, 1.82) is 0 Å². The lowest BCUT2D eigenvalue weighted by Crippen LogP contribution is -2.18. The number of benzene rings is 1. The SMILES string of the molecule is CCOc1ccc(C(NC)c2cncc(OCC)c2)cc1. The molecule has 1 aromatic carbocycles. The van der Waals surface area contributed by atoms with Crippen molar-refractivity contribution in [2.75, 3.05) is 20.3 Å². The van der Waals surface area contributed by atoms with Gasteiger partial charge >= 0.3 is 0 Å². The van der Waals surface area contributed by atoms with Gasteiger partial charge in [-0.05, 0) is 50.2 Å². The van der Waals surface area contributed by atoms with Crippen LogP contribution in [0.1, 0.15) is 31.0 Å². The Labute approximate surface area is 126 Å². The second kappa shape index (κ2) is 7.64. The van der Waals surface area contributed by atoms with Crippen molar-refractivity contribution in [3.8, 4) is 11.5 Å². The van der Waals surface area contributed by atoms with Crippen molar-refractivity contribution in [3.63, 3.8) is 0 Å². The molecule has 1 unspecified atom stereocenters. The first kappa shape index (κ1) is 15.3. The number of pyridine rings is 1. The Morgan fingerprint density at radius 1 is 0.952 bits per heavy atom. The second-order valence-corrected chi connectivity index (χ2v) is 4.61. The number of hydrogen-bond acceptors (Lipinski definition) is 4. The fourth-order valence-corrected chi connectivity index (χ4v) is 2.29. The van der Waals surface area contributed by atoms with Crippen LogP contribution in [-0.4, -0.2) is 25.2 Å². The van der Waals surface area contributed by atoms with Crippen molar-refractivity contribution in [2.45, 2.75) is 19.9 Å². The zero-order valence-electron chi connectivity index (χ0n) is 12.8. The van der Waals surface area contributed by atoms with Crippen LogP contribution in [0.4, 0.5) is 0 Å². The van der Waals surface area contributed by atoms with Crippen LogP contribution in [0.5, 0.6) is 11.5 Å². The highest BCUT2D eigenvalue weighted by molar-refractivity contribution is 5.36. The molecule has 0 bridgehead atoms. The molecule has 0 radical (unpaired) electrons. The summed E-state index contributed by atoms with van der Waals surface area (Å²) in [5.74, 6) is 1.68. The van der Waals surface area contributed by atoms with Crippen molar-refractivity contribution >= 4 is 0 Å². The number of rotatable bonds is 7. The van der Waals surface area contributed by atoms with E-state index in [1.165, 1.54) is 0 Å². The molecule has 0 saturated heterocycles. The van der Waals surface area contributed by atoms with Crippen molar-refractivity contribution in [3.05, 3.63) is 53.9 Å². The van der Waals surface area contributed by atoms with Crippen LogP contribution in [0.25, 0.3) is 0 Å². The Hall–Kier alpha value is -2.07. The Morgan fingerprint density at radius 2 is 1.62 bits per heavy atom. The highest BCUT2D eigenvalue weighted by Crippen LogP contribution is 2.25. The van der Waals surface area contributed by atoms with Crippen LogP contribution >= 0.6 is 0 Å². The van der Waals surface area contributed by atoms with Gasteiger partial charge in [0.1, 0.15) is 11.5 Å². The topological polar surface area (TPSA) is 43.4 Å². The lowest BCUT2D eigenvalue weighted by atomic mass is 10.0. The molecule has 112 valence electrons. The number of ether oxygens (including phenoxy) is 2.